The molecule has 97 heavy (non-hydrogen) atoms. The number of alkyl halides is 1. The largest absolute Gasteiger partial charge is 0.481 e. The first-order valence-corrected chi connectivity index (χ1v) is 45.8. The van der Waals surface area contributed by atoms with Gasteiger partial charge in [-0.25, -0.2) is 4.79 Å². The average molecular weight is 1610 g/mol. The summed E-state index contributed by atoms with van der Waals surface area (Å²) in [6, 6.07) is 0. The molecule has 12 bridgehead atoms. The number of carbonyl (C=O) groups is 6. The number of carboxylic acids is 2. The molecule has 0 spiro atoms. The van der Waals surface area contributed by atoms with Crippen molar-refractivity contribution in [1.29, 1.82) is 0 Å². The Hall–Kier alpha value is -1.92. The lowest BCUT2D eigenvalue weighted by molar-refractivity contribution is -0.148. The molecule has 13 aliphatic rings. The van der Waals surface area contributed by atoms with E-state index in [4.69, 9.17) is 14.9 Å². The number of hydrogen-bond acceptors (Lipinski definition) is 14. The van der Waals surface area contributed by atoms with E-state index in [1.807, 2.05) is 0 Å². The Kier molecular flexibility index (Phi) is 32.4. The number of fused-ring (bicyclic) bond motifs is 12. The Labute approximate surface area is 613 Å². The summed E-state index contributed by atoms with van der Waals surface area (Å²) < 4.78 is 24.6. The van der Waals surface area contributed by atoms with Gasteiger partial charge in [-0.2, -0.15) is 0 Å². The predicted molar refractivity (Wildman–Crippen MR) is 402 cm³/mol. The van der Waals surface area contributed by atoms with E-state index >= 15 is 0 Å². The molecular weight excluding hydrogens is 1470 g/mol. The van der Waals surface area contributed by atoms with Gasteiger partial charge in [-0.3, -0.25) is 24.0 Å². The number of carbonyl (C=O) groups excluding carboxylic acids is 4. The van der Waals surface area contributed by atoms with E-state index in [0.717, 1.165) is 197 Å². The minimum Gasteiger partial charge on any atom is -0.481 e. The van der Waals surface area contributed by atoms with Crippen molar-refractivity contribution in [3.05, 3.63) is 12.7 Å². The van der Waals surface area contributed by atoms with Gasteiger partial charge in [0, 0.05) is 42.8 Å². The van der Waals surface area contributed by atoms with Gasteiger partial charge in [-0.1, -0.05) is 69.6 Å². The van der Waals surface area contributed by atoms with Crippen LogP contribution in [0.15, 0.2) is 12.7 Å². The van der Waals surface area contributed by atoms with Crippen LogP contribution in [-0.4, -0.2) is 129 Å². The summed E-state index contributed by atoms with van der Waals surface area (Å²) in [5, 5.41) is 47.7. The predicted octanol–water partition coefficient (Wildman–Crippen LogP) is 18.5. The van der Waals surface area contributed by atoms with E-state index in [1.165, 1.54) is 116 Å². The summed E-state index contributed by atoms with van der Waals surface area (Å²) in [5.74, 6) is -1.93. The summed E-state index contributed by atoms with van der Waals surface area (Å²) in [4.78, 5) is 64.1. The van der Waals surface area contributed by atoms with Crippen LogP contribution in [0.3, 0.4) is 0 Å². The maximum absolute atomic E-state index is 11.0. The number of ether oxygens (including phenoxy) is 5. The number of aliphatic carboxylic acids is 2. The zero-order valence-electron chi connectivity index (χ0n) is 62.4. The fraction of sp³-hybridized carbons (Fsp3) is 0.897. The number of esters is 4. The highest BCUT2D eigenvalue weighted by Gasteiger charge is 2.58. The lowest BCUT2D eigenvalue weighted by Gasteiger charge is -2.26. The van der Waals surface area contributed by atoms with Crippen molar-refractivity contribution >= 4 is 85.8 Å². The Bertz CT molecular complexity index is 2370. The van der Waals surface area contributed by atoms with Crippen molar-refractivity contribution in [2.75, 3.05) is 39.5 Å². The maximum atomic E-state index is 11.0. The number of methoxy groups -OCH3 is 4. The Morgan fingerprint density at radius 3 is 0.938 bits per heavy atom. The average Bonchev–Trinajstić information content (AvgIpc) is 1.66. The van der Waals surface area contributed by atoms with Gasteiger partial charge in [0.1, 0.15) is 5.57 Å². The molecule has 560 valence electrons. The molecule has 0 amide bonds. The molecule has 0 aromatic heterocycles. The molecule has 19 heteroatoms. The smallest absolute Gasteiger partial charge is 0.329 e. The van der Waals surface area contributed by atoms with Gasteiger partial charge in [0.15, 0.2) is 0 Å². The fourth-order valence-corrected chi connectivity index (χ4v) is 21.1. The van der Waals surface area contributed by atoms with Crippen LogP contribution in [-0.2, 0) is 52.5 Å². The highest BCUT2D eigenvalue weighted by Crippen LogP contribution is 2.65. The SMILES string of the molecule is C=CC(=O)OC.CC12CCC(C(=O)O)(CC1)C2.CC12CCC(CI)(CC1)C2.CC1CCCO1.COC(=O)CCCC12CCC(C)(CC1)C2.COC(=O)CCCC12CCC(O)(CC1)C2.COC(=O)CCCC12CCC(O)(CC1)C2.C[Si](C)(C)I.O=C(O)CCCC12CCC(O)(CC1)C2. The molecule has 0 radical (unpaired) electrons. The highest BCUT2D eigenvalue weighted by atomic mass is 127. The minimum absolute atomic E-state index is 0.0508. The van der Waals surface area contributed by atoms with E-state index in [1.54, 1.807) is 0 Å². The third-order valence-electron chi connectivity index (χ3n) is 26.0. The first-order chi connectivity index (χ1) is 45.2. The van der Waals surface area contributed by atoms with Gasteiger partial charge >= 0.3 is 35.8 Å². The molecule has 16 nitrogen and oxygen atoms in total. The van der Waals surface area contributed by atoms with E-state index in [9.17, 15) is 44.1 Å². The van der Waals surface area contributed by atoms with Crippen LogP contribution in [0.4, 0.5) is 0 Å². The van der Waals surface area contributed by atoms with E-state index < -0.39 is 23.5 Å². The van der Waals surface area contributed by atoms with Crippen molar-refractivity contribution in [2.45, 2.75) is 353 Å². The molecule has 1 saturated heterocycles. The molecule has 0 aromatic rings. The number of halogens is 2. The van der Waals surface area contributed by atoms with Crippen LogP contribution in [0.1, 0.15) is 310 Å². The standard InChI is InChI=1S/C13H22O2.2C12H20O3.C11H18O3.C9H15I.C9H14O2.C5H10O.C4H6O2.C3H9ISi/c1-12-6-8-13(10-12,9-7-12)5-3-4-11(14)15-2;2*1-15-10(13)3-2-4-11-5-7-12(14,9-11)8-6-11;12-9(13)2-1-3-10-4-6-11(14,8-10)7-5-10;1-8-2-4-9(6-8,7-10)5-3-8;1-8-2-4-9(6-8,5-3-8)7(10)11;1-5-3-2-4-6-5;1-3-4(5)6-2;1-5(2,3)4/h3-10H2,1-2H3;2*14H,2-9H2,1H3;14H,1-8H2,(H,12,13);2-7H2,1H3;2-6H2,1H3,(H,10,11);5H,2-4H2,1H3;3H,1H2,2H3;1-3H3. The monoisotopic (exact) mass is 1610 g/mol. The van der Waals surface area contributed by atoms with Crippen LogP contribution in [0, 0.1) is 48.7 Å². The minimum atomic E-state index is -0.701. The second-order valence-electron chi connectivity index (χ2n) is 35.5. The lowest BCUT2D eigenvalue weighted by Crippen LogP contribution is -2.25. The molecule has 1 heterocycles. The third kappa shape index (κ3) is 26.9. The van der Waals surface area contributed by atoms with Crippen LogP contribution in [0.2, 0.25) is 19.6 Å². The van der Waals surface area contributed by atoms with Crippen molar-refractivity contribution < 1.29 is 78.0 Å². The second-order valence-corrected chi connectivity index (χ2v) is 50.1. The van der Waals surface area contributed by atoms with E-state index in [0.29, 0.717) is 57.9 Å². The summed E-state index contributed by atoms with van der Waals surface area (Å²) in [5.41, 5.74) is 2.13. The molecule has 12 saturated carbocycles. The molecule has 5 N–H and O–H groups in total. The van der Waals surface area contributed by atoms with Crippen molar-refractivity contribution in [3.8, 4) is 0 Å². The molecular formula is C78H134I2O16Si. The van der Waals surface area contributed by atoms with Crippen molar-refractivity contribution in [1.82, 2.24) is 0 Å². The van der Waals surface area contributed by atoms with Crippen molar-refractivity contribution in [3.63, 3.8) is 0 Å². The van der Waals surface area contributed by atoms with Crippen LogP contribution < -0.4 is 0 Å². The quantitative estimate of drug-likeness (QED) is 0.0153. The summed E-state index contributed by atoms with van der Waals surface area (Å²) in [7, 11) is 5.65. The van der Waals surface area contributed by atoms with Gasteiger partial charge < -0.3 is 49.2 Å². The molecule has 13 rings (SSSR count). The van der Waals surface area contributed by atoms with E-state index in [2.05, 4.69) is 117 Å². The molecule has 1 unspecified atom stereocenters. The van der Waals surface area contributed by atoms with Crippen LogP contribution >= 0.6 is 44.4 Å². The Morgan fingerprint density at radius 2 is 0.773 bits per heavy atom. The fourth-order valence-electron chi connectivity index (χ4n) is 20.1. The third-order valence-corrected chi connectivity index (χ3v) is 27.6. The highest BCUT2D eigenvalue weighted by molar-refractivity contribution is 14.1. The number of rotatable bonds is 19. The number of hydrogen-bond donors (Lipinski definition) is 5. The Balaban J connectivity index is 0.000000201. The topological polar surface area (TPSA) is 250 Å². The Morgan fingerprint density at radius 1 is 0.474 bits per heavy atom. The van der Waals surface area contributed by atoms with Gasteiger partial charge in [-0.15, -0.1) is 21.8 Å². The second kappa shape index (κ2) is 36.7. The first kappa shape index (κ1) is 85.7. The number of carboxylic acid groups (broad SMARTS) is 2. The van der Waals surface area contributed by atoms with Crippen LogP contribution in [0.25, 0.3) is 0 Å². The summed E-state index contributed by atoms with van der Waals surface area (Å²) >= 11 is 5.09. The molecule has 1 atom stereocenters. The normalized spacial score (nSPS) is 37.6. The lowest BCUT2D eigenvalue weighted by atomic mass is 9.79. The maximum Gasteiger partial charge on any atom is 0.329 e. The molecule has 12 aliphatic carbocycles. The van der Waals surface area contributed by atoms with Gasteiger partial charge in [0.05, 0.1) is 56.8 Å². The molecule has 0 aromatic carbocycles. The van der Waals surface area contributed by atoms with Gasteiger partial charge in [0.25, 0.3) is 0 Å². The van der Waals surface area contributed by atoms with Gasteiger partial charge in [0.2, 0.25) is 0 Å². The summed E-state index contributed by atoms with van der Waals surface area (Å²) in [6.07, 6.45) is 49.0. The van der Waals surface area contributed by atoms with Crippen LogP contribution in [0.5, 0.6) is 0 Å². The van der Waals surface area contributed by atoms with E-state index in [-0.39, 0.29) is 46.5 Å². The van der Waals surface area contributed by atoms with Gasteiger partial charge in [-0.05, 0) is 307 Å². The number of aliphatic hydroxyl groups is 3. The molecule has 13 fully saturated rings. The first-order valence-electron chi connectivity index (χ1n) is 37.6. The summed E-state index contributed by atoms with van der Waals surface area (Å²) in [6.45, 7) is 20.3. The molecule has 1 aliphatic heterocycles. The zero-order chi connectivity index (χ0) is 72.3. The zero-order valence-corrected chi connectivity index (χ0v) is 67.7. The van der Waals surface area contributed by atoms with Crippen molar-refractivity contribution in [2.24, 2.45) is 48.7 Å².